The van der Waals surface area contributed by atoms with Crippen LogP contribution in [-0.2, 0) is 4.74 Å². The van der Waals surface area contributed by atoms with Crippen LogP contribution in [0.25, 0.3) is 0 Å². The fourth-order valence-corrected chi connectivity index (χ4v) is 2.25. The Morgan fingerprint density at radius 2 is 1.39 bits per heavy atom. The van der Waals surface area contributed by atoms with Crippen molar-refractivity contribution >= 4 is 55.2 Å². The third-order valence-corrected chi connectivity index (χ3v) is 3.65. The van der Waals surface area contributed by atoms with Crippen LogP contribution in [0.5, 0.6) is 0 Å². The van der Waals surface area contributed by atoms with E-state index in [-0.39, 0.29) is 11.3 Å². The van der Waals surface area contributed by atoms with E-state index < -0.39 is 11.9 Å². The molecule has 2 aromatic rings. The van der Waals surface area contributed by atoms with Gasteiger partial charge in [0.05, 0.1) is 18.2 Å². The van der Waals surface area contributed by atoms with Gasteiger partial charge in [-0.25, -0.2) is 9.59 Å². The number of hydrogen-bond acceptors (Lipinski definition) is 5. The lowest BCUT2D eigenvalue weighted by Gasteiger charge is -2.02. The number of hydrogen-bond donors (Lipinski definition) is 3. The molecule has 0 aliphatic carbocycles. The summed E-state index contributed by atoms with van der Waals surface area (Å²) in [5, 5.41) is 8.59. The van der Waals surface area contributed by atoms with E-state index in [1.807, 2.05) is 0 Å². The molecular formula is C15H14Br2N2O4. The summed E-state index contributed by atoms with van der Waals surface area (Å²) in [4.78, 5) is 21.5. The highest BCUT2D eigenvalue weighted by molar-refractivity contribution is 9.10. The Balaban J connectivity index is 0.000000231. The molecule has 0 fully saturated rings. The second kappa shape index (κ2) is 8.54. The molecule has 0 aromatic heterocycles. The molecule has 0 bridgehead atoms. The summed E-state index contributed by atoms with van der Waals surface area (Å²) in [6.07, 6.45) is 0. The molecule has 2 aromatic carbocycles. The van der Waals surface area contributed by atoms with Gasteiger partial charge in [0.2, 0.25) is 0 Å². The minimum atomic E-state index is -1.01. The van der Waals surface area contributed by atoms with Crippen molar-refractivity contribution in [3.63, 3.8) is 0 Å². The molecule has 0 saturated heterocycles. The highest BCUT2D eigenvalue weighted by Crippen LogP contribution is 2.19. The molecule has 0 aliphatic heterocycles. The molecule has 0 spiro atoms. The normalized spacial score (nSPS) is 9.52. The fraction of sp³-hybridized carbons (Fsp3) is 0.0667. The standard InChI is InChI=1S/C8H8BrNO2.C7H6BrNO2/c1-12-8(11)6-4-5(9)2-3-7(6)10;8-4-1-2-6(9)5(3-4)7(10)11/h2-4H,10H2,1H3;1-3H,9H2,(H,10,11). The minimum absolute atomic E-state index is 0.124. The lowest BCUT2D eigenvalue weighted by molar-refractivity contribution is 0.0601. The number of methoxy groups -OCH3 is 1. The summed E-state index contributed by atoms with van der Waals surface area (Å²) in [6, 6.07) is 9.76. The van der Waals surface area contributed by atoms with Crippen LogP contribution in [0.2, 0.25) is 0 Å². The Hall–Kier alpha value is -2.06. The molecule has 0 aliphatic rings. The van der Waals surface area contributed by atoms with Crippen LogP contribution in [0.4, 0.5) is 11.4 Å². The van der Waals surface area contributed by atoms with E-state index in [9.17, 15) is 9.59 Å². The molecule has 122 valence electrons. The van der Waals surface area contributed by atoms with Gasteiger partial charge >= 0.3 is 11.9 Å². The predicted molar refractivity (Wildman–Crippen MR) is 95.4 cm³/mol. The molecule has 23 heavy (non-hydrogen) atoms. The number of carboxylic acid groups (broad SMARTS) is 1. The topological polar surface area (TPSA) is 116 Å². The van der Waals surface area contributed by atoms with Crippen molar-refractivity contribution in [1.29, 1.82) is 0 Å². The first kappa shape index (κ1) is 19.0. The van der Waals surface area contributed by atoms with Crippen LogP contribution in [-0.4, -0.2) is 24.2 Å². The van der Waals surface area contributed by atoms with Gasteiger partial charge in [0, 0.05) is 20.3 Å². The lowest BCUT2D eigenvalue weighted by Crippen LogP contribution is -2.05. The third kappa shape index (κ3) is 5.57. The second-order valence-corrected chi connectivity index (χ2v) is 6.09. The number of aromatic carboxylic acids is 1. The van der Waals surface area contributed by atoms with Gasteiger partial charge in [-0.15, -0.1) is 0 Å². The smallest absolute Gasteiger partial charge is 0.339 e. The van der Waals surface area contributed by atoms with Gasteiger partial charge in [0.15, 0.2) is 0 Å². The van der Waals surface area contributed by atoms with Crippen LogP contribution in [0, 0.1) is 0 Å². The number of nitrogens with two attached hydrogens (primary N) is 2. The highest BCUT2D eigenvalue weighted by atomic mass is 79.9. The molecule has 0 saturated carbocycles. The molecule has 0 amide bonds. The first-order chi connectivity index (χ1) is 10.8. The number of carbonyl (C=O) groups is 2. The van der Waals surface area contributed by atoms with Gasteiger partial charge in [0.1, 0.15) is 0 Å². The van der Waals surface area contributed by atoms with Gasteiger partial charge in [-0.3, -0.25) is 0 Å². The second-order valence-electron chi connectivity index (χ2n) is 4.26. The van der Waals surface area contributed by atoms with Crippen LogP contribution >= 0.6 is 31.9 Å². The maximum Gasteiger partial charge on any atom is 0.339 e. The van der Waals surface area contributed by atoms with E-state index in [4.69, 9.17) is 16.6 Å². The molecule has 0 unspecified atom stereocenters. The van der Waals surface area contributed by atoms with Crippen molar-refractivity contribution < 1.29 is 19.4 Å². The van der Waals surface area contributed by atoms with Gasteiger partial charge in [0.25, 0.3) is 0 Å². The summed E-state index contributed by atoms with van der Waals surface area (Å²) in [7, 11) is 1.32. The van der Waals surface area contributed by atoms with Crippen molar-refractivity contribution in [2.24, 2.45) is 0 Å². The number of carboxylic acids is 1. The van der Waals surface area contributed by atoms with Crippen molar-refractivity contribution in [1.82, 2.24) is 0 Å². The van der Waals surface area contributed by atoms with Gasteiger partial charge in [-0.1, -0.05) is 31.9 Å². The summed E-state index contributed by atoms with van der Waals surface area (Å²) in [5.41, 5.74) is 12.1. The number of benzene rings is 2. The molecule has 0 heterocycles. The van der Waals surface area contributed by atoms with E-state index in [1.54, 1.807) is 30.3 Å². The Bertz CT molecular complexity index is 735. The molecule has 2 rings (SSSR count). The minimum Gasteiger partial charge on any atom is -0.478 e. The van der Waals surface area contributed by atoms with Crippen LogP contribution in [0.1, 0.15) is 20.7 Å². The first-order valence-corrected chi connectivity index (χ1v) is 7.76. The highest BCUT2D eigenvalue weighted by Gasteiger charge is 2.09. The third-order valence-electron chi connectivity index (χ3n) is 2.67. The van der Waals surface area contributed by atoms with E-state index >= 15 is 0 Å². The summed E-state index contributed by atoms with van der Waals surface area (Å²) in [6.45, 7) is 0. The Kier molecular flexibility index (Phi) is 7.05. The van der Waals surface area contributed by atoms with Crippen molar-refractivity contribution in [2.45, 2.75) is 0 Å². The Morgan fingerprint density at radius 3 is 1.78 bits per heavy atom. The molecular weight excluding hydrogens is 432 g/mol. The molecule has 0 radical (unpaired) electrons. The van der Waals surface area contributed by atoms with Crippen LogP contribution in [0.15, 0.2) is 45.3 Å². The number of ether oxygens (including phenoxy) is 1. The van der Waals surface area contributed by atoms with Gasteiger partial charge < -0.3 is 21.3 Å². The number of nitrogen functional groups attached to an aromatic ring is 2. The van der Waals surface area contributed by atoms with E-state index in [1.165, 1.54) is 13.2 Å². The number of rotatable bonds is 2. The van der Waals surface area contributed by atoms with Crippen LogP contribution < -0.4 is 11.5 Å². The molecule has 8 heteroatoms. The average molecular weight is 446 g/mol. The van der Waals surface area contributed by atoms with Gasteiger partial charge in [-0.05, 0) is 36.4 Å². The quantitative estimate of drug-likeness (QED) is 0.480. The SMILES string of the molecule is COC(=O)c1cc(Br)ccc1N.Nc1ccc(Br)cc1C(=O)O. The number of halogens is 2. The zero-order valence-electron chi connectivity index (χ0n) is 12.0. The number of esters is 1. The molecule has 6 nitrogen and oxygen atoms in total. The zero-order valence-corrected chi connectivity index (χ0v) is 15.2. The summed E-state index contributed by atoms with van der Waals surface area (Å²) < 4.78 is 6.05. The van der Waals surface area contributed by atoms with E-state index in [0.717, 1.165) is 4.47 Å². The maximum atomic E-state index is 11.1. The fourth-order valence-electron chi connectivity index (χ4n) is 1.53. The predicted octanol–water partition coefficient (Wildman–Crippen LogP) is 3.55. The van der Waals surface area contributed by atoms with Crippen molar-refractivity contribution in [2.75, 3.05) is 18.6 Å². The van der Waals surface area contributed by atoms with Crippen molar-refractivity contribution in [3.05, 3.63) is 56.5 Å². The Labute approximate surface area is 149 Å². The number of anilines is 2. The van der Waals surface area contributed by atoms with E-state index in [0.29, 0.717) is 15.7 Å². The Morgan fingerprint density at radius 1 is 0.957 bits per heavy atom. The monoisotopic (exact) mass is 444 g/mol. The largest absolute Gasteiger partial charge is 0.478 e. The zero-order chi connectivity index (χ0) is 17.6. The first-order valence-electron chi connectivity index (χ1n) is 6.18. The average Bonchev–Trinajstić information content (AvgIpc) is 2.51. The van der Waals surface area contributed by atoms with Gasteiger partial charge in [-0.2, -0.15) is 0 Å². The van der Waals surface area contributed by atoms with Crippen LogP contribution in [0.3, 0.4) is 0 Å². The van der Waals surface area contributed by atoms with E-state index in [2.05, 4.69) is 36.6 Å². The van der Waals surface area contributed by atoms with Crippen molar-refractivity contribution in [3.8, 4) is 0 Å². The molecule has 0 atom stereocenters. The summed E-state index contributed by atoms with van der Waals surface area (Å²) in [5.74, 6) is -1.43. The maximum absolute atomic E-state index is 11.1. The number of carbonyl (C=O) groups excluding carboxylic acids is 1. The molecule has 5 N–H and O–H groups in total. The summed E-state index contributed by atoms with van der Waals surface area (Å²) >= 11 is 6.38. The lowest BCUT2D eigenvalue weighted by atomic mass is 10.2.